The average molecular weight is 175 g/mol. The Morgan fingerprint density at radius 3 is 2.45 bits per heavy atom. The average Bonchev–Trinajstić information content (AvgIpc) is 2.08. The van der Waals surface area contributed by atoms with E-state index in [1.165, 1.54) is 12.4 Å². The standard InChI is InChI=1S/C5H5ClN2O.C2H6/c6-5-2-7-1-4(3-9)8-5;1-2/h1-2,9H,3H2;1-2H3. The zero-order valence-corrected chi connectivity index (χ0v) is 7.34. The van der Waals surface area contributed by atoms with Gasteiger partial charge in [-0.2, -0.15) is 0 Å². The minimum absolute atomic E-state index is 0.118. The largest absolute Gasteiger partial charge is 0.390 e. The summed E-state index contributed by atoms with van der Waals surface area (Å²) in [7, 11) is 0. The molecule has 11 heavy (non-hydrogen) atoms. The van der Waals surface area contributed by atoms with Crippen molar-refractivity contribution in [3.8, 4) is 0 Å². The molecular formula is C7H11ClN2O. The fraction of sp³-hybridized carbons (Fsp3) is 0.429. The van der Waals surface area contributed by atoms with Gasteiger partial charge in [0.25, 0.3) is 0 Å². The zero-order chi connectivity index (χ0) is 8.69. The van der Waals surface area contributed by atoms with Crippen LogP contribution in [0.15, 0.2) is 12.4 Å². The highest BCUT2D eigenvalue weighted by atomic mass is 35.5. The molecule has 0 amide bonds. The summed E-state index contributed by atoms with van der Waals surface area (Å²) in [6.07, 6.45) is 2.88. The molecule has 4 heteroatoms. The predicted octanol–water partition coefficient (Wildman–Crippen LogP) is 1.65. The van der Waals surface area contributed by atoms with Crippen molar-refractivity contribution < 1.29 is 5.11 Å². The number of rotatable bonds is 1. The molecule has 0 bridgehead atoms. The van der Waals surface area contributed by atoms with Crippen molar-refractivity contribution in [3.63, 3.8) is 0 Å². The van der Waals surface area contributed by atoms with Crippen LogP contribution in [-0.4, -0.2) is 15.1 Å². The molecule has 0 aromatic carbocycles. The fourth-order valence-electron chi connectivity index (χ4n) is 0.456. The smallest absolute Gasteiger partial charge is 0.147 e. The van der Waals surface area contributed by atoms with Gasteiger partial charge in [0.2, 0.25) is 0 Å². The first-order valence-electron chi connectivity index (χ1n) is 3.40. The Labute approximate surface area is 71.1 Å². The quantitative estimate of drug-likeness (QED) is 0.704. The molecule has 1 heterocycles. The highest BCUT2D eigenvalue weighted by Gasteiger charge is 1.91. The number of aliphatic hydroxyl groups is 1. The molecule has 1 aromatic heterocycles. The van der Waals surface area contributed by atoms with Crippen LogP contribution in [0.2, 0.25) is 5.15 Å². The van der Waals surface area contributed by atoms with Crippen LogP contribution in [0.4, 0.5) is 0 Å². The molecule has 0 unspecified atom stereocenters. The van der Waals surface area contributed by atoms with Gasteiger partial charge in [-0.1, -0.05) is 25.4 Å². The molecular weight excluding hydrogens is 164 g/mol. The predicted molar refractivity (Wildman–Crippen MR) is 44.3 cm³/mol. The molecule has 0 radical (unpaired) electrons. The third-order valence-electron chi connectivity index (χ3n) is 0.817. The number of hydrogen-bond acceptors (Lipinski definition) is 3. The van der Waals surface area contributed by atoms with Gasteiger partial charge in [0.1, 0.15) is 5.15 Å². The third-order valence-corrected chi connectivity index (χ3v) is 0.999. The molecule has 0 atom stereocenters. The van der Waals surface area contributed by atoms with Crippen LogP contribution in [0.5, 0.6) is 0 Å². The summed E-state index contributed by atoms with van der Waals surface area (Å²) in [5.41, 5.74) is 0.488. The molecule has 0 aliphatic heterocycles. The number of aliphatic hydroxyl groups excluding tert-OH is 1. The summed E-state index contributed by atoms with van der Waals surface area (Å²) in [6.45, 7) is 3.88. The Kier molecular flexibility index (Phi) is 5.70. The number of aromatic nitrogens is 2. The molecule has 0 aliphatic carbocycles. The van der Waals surface area contributed by atoms with Crippen LogP contribution in [0, 0.1) is 0 Å². The summed E-state index contributed by atoms with van der Waals surface area (Å²) >= 11 is 5.44. The lowest BCUT2D eigenvalue weighted by molar-refractivity contribution is 0.276. The second-order valence-corrected chi connectivity index (χ2v) is 1.88. The Hall–Kier alpha value is -0.670. The van der Waals surface area contributed by atoms with Crippen LogP contribution in [0.25, 0.3) is 0 Å². The van der Waals surface area contributed by atoms with Gasteiger partial charge in [-0.15, -0.1) is 0 Å². The van der Waals surface area contributed by atoms with E-state index in [1.54, 1.807) is 0 Å². The van der Waals surface area contributed by atoms with E-state index in [4.69, 9.17) is 16.7 Å². The van der Waals surface area contributed by atoms with Crippen LogP contribution >= 0.6 is 11.6 Å². The van der Waals surface area contributed by atoms with Gasteiger partial charge in [0, 0.05) is 0 Å². The maximum absolute atomic E-state index is 8.50. The maximum atomic E-state index is 8.50. The normalized spacial score (nSPS) is 8.36. The van der Waals surface area contributed by atoms with Gasteiger partial charge in [0.15, 0.2) is 0 Å². The molecule has 0 aliphatic rings. The van der Waals surface area contributed by atoms with E-state index in [2.05, 4.69) is 9.97 Å². The van der Waals surface area contributed by atoms with E-state index >= 15 is 0 Å². The lowest BCUT2D eigenvalue weighted by Gasteiger charge is -1.91. The Balaban J connectivity index is 0.000000461. The molecule has 1 aromatic rings. The van der Waals surface area contributed by atoms with Crippen molar-refractivity contribution in [1.82, 2.24) is 9.97 Å². The molecule has 3 nitrogen and oxygen atoms in total. The highest BCUT2D eigenvalue weighted by molar-refractivity contribution is 6.29. The summed E-state index contributed by atoms with van der Waals surface area (Å²) in [5, 5.41) is 8.81. The highest BCUT2D eigenvalue weighted by Crippen LogP contribution is 2.01. The van der Waals surface area contributed by atoms with Crippen LogP contribution < -0.4 is 0 Å². The molecule has 0 saturated heterocycles. The first kappa shape index (κ1) is 10.3. The van der Waals surface area contributed by atoms with Gasteiger partial charge in [-0.05, 0) is 0 Å². The lowest BCUT2D eigenvalue weighted by atomic mass is 10.5. The monoisotopic (exact) mass is 174 g/mol. The molecule has 1 N–H and O–H groups in total. The Morgan fingerprint density at radius 2 is 2.09 bits per heavy atom. The van der Waals surface area contributed by atoms with Crippen LogP contribution in [0.3, 0.4) is 0 Å². The number of halogens is 1. The van der Waals surface area contributed by atoms with Gasteiger partial charge in [0.05, 0.1) is 24.7 Å². The first-order valence-corrected chi connectivity index (χ1v) is 3.78. The number of hydrogen-bond donors (Lipinski definition) is 1. The van der Waals surface area contributed by atoms with Crippen molar-refractivity contribution in [2.24, 2.45) is 0 Å². The van der Waals surface area contributed by atoms with E-state index in [0.29, 0.717) is 10.8 Å². The van der Waals surface area contributed by atoms with E-state index < -0.39 is 0 Å². The summed E-state index contributed by atoms with van der Waals surface area (Å²) in [6, 6.07) is 0. The van der Waals surface area contributed by atoms with Gasteiger partial charge < -0.3 is 5.11 Å². The van der Waals surface area contributed by atoms with Crippen molar-refractivity contribution >= 4 is 11.6 Å². The maximum Gasteiger partial charge on any atom is 0.147 e. The van der Waals surface area contributed by atoms with Crippen molar-refractivity contribution in [3.05, 3.63) is 23.2 Å². The summed E-state index contributed by atoms with van der Waals surface area (Å²) in [4.78, 5) is 7.45. The topological polar surface area (TPSA) is 46.0 Å². The first-order chi connectivity index (χ1) is 5.33. The van der Waals surface area contributed by atoms with E-state index in [0.717, 1.165) is 0 Å². The Morgan fingerprint density at radius 1 is 1.45 bits per heavy atom. The molecule has 0 fully saturated rings. The summed E-state index contributed by atoms with van der Waals surface area (Å²) in [5.74, 6) is 0. The van der Waals surface area contributed by atoms with Crippen molar-refractivity contribution in [2.45, 2.75) is 20.5 Å². The van der Waals surface area contributed by atoms with Gasteiger partial charge in [-0.25, -0.2) is 4.98 Å². The number of nitrogens with zero attached hydrogens (tertiary/aromatic N) is 2. The van der Waals surface area contributed by atoms with Crippen molar-refractivity contribution in [1.29, 1.82) is 0 Å². The van der Waals surface area contributed by atoms with E-state index in [1.807, 2.05) is 13.8 Å². The molecule has 0 spiro atoms. The minimum atomic E-state index is -0.118. The molecule has 0 saturated carbocycles. The molecule has 1 rings (SSSR count). The van der Waals surface area contributed by atoms with Crippen molar-refractivity contribution in [2.75, 3.05) is 0 Å². The van der Waals surface area contributed by atoms with Gasteiger partial charge >= 0.3 is 0 Å². The summed E-state index contributed by atoms with van der Waals surface area (Å²) < 4.78 is 0. The second kappa shape index (κ2) is 6.07. The van der Waals surface area contributed by atoms with Gasteiger partial charge in [-0.3, -0.25) is 4.98 Å². The lowest BCUT2D eigenvalue weighted by Crippen LogP contribution is -1.89. The Bertz CT molecular complexity index is 205. The minimum Gasteiger partial charge on any atom is -0.390 e. The fourth-order valence-corrected chi connectivity index (χ4v) is 0.621. The van der Waals surface area contributed by atoms with E-state index in [9.17, 15) is 0 Å². The second-order valence-electron chi connectivity index (χ2n) is 1.49. The third kappa shape index (κ3) is 3.91. The van der Waals surface area contributed by atoms with Crippen LogP contribution in [0.1, 0.15) is 19.5 Å². The SMILES string of the molecule is CC.OCc1cncc(Cl)n1. The van der Waals surface area contributed by atoms with Crippen LogP contribution in [-0.2, 0) is 6.61 Å². The zero-order valence-electron chi connectivity index (χ0n) is 6.58. The van der Waals surface area contributed by atoms with E-state index in [-0.39, 0.29) is 6.61 Å². The molecule has 62 valence electrons.